The van der Waals surface area contributed by atoms with Crippen LogP contribution in [-0.2, 0) is 6.54 Å². The Balaban J connectivity index is 1.71. The molecule has 1 amide bonds. The average Bonchev–Trinajstić information content (AvgIpc) is 3.01. The van der Waals surface area contributed by atoms with E-state index in [0.717, 1.165) is 11.3 Å². The molecule has 0 aliphatic rings. The van der Waals surface area contributed by atoms with Crippen molar-refractivity contribution in [3.05, 3.63) is 76.1 Å². The molecule has 1 aromatic heterocycles. The number of aryl methyl sites for hydroxylation is 1. The van der Waals surface area contributed by atoms with Crippen LogP contribution >= 0.6 is 11.6 Å². The number of ether oxygens (including phenoxy) is 2. The molecule has 150 valence electrons. The number of carbonyl (C=O) groups is 1. The fourth-order valence-electron chi connectivity index (χ4n) is 2.77. The fourth-order valence-corrected chi connectivity index (χ4v) is 3.06. The zero-order valence-corrected chi connectivity index (χ0v) is 17.1. The summed E-state index contributed by atoms with van der Waals surface area (Å²) in [6, 6.07) is 14.8. The van der Waals surface area contributed by atoms with Gasteiger partial charge >= 0.3 is 0 Å². The quantitative estimate of drug-likeness (QED) is 0.474. The maximum absolute atomic E-state index is 12.3. The van der Waals surface area contributed by atoms with E-state index in [1.165, 1.54) is 20.4 Å². The minimum absolute atomic E-state index is 0.382. The van der Waals surface area contributed by atoms with E-state index in [0.29, 0.717) is 34.3 Å². The summed E-state index contributed by atoms with van der Waals surface area (Å²) in [4.78, 5) is 12.3. The van der Waals surface area contributed by atoms with Gasteiger partial charge < -0.3 is 9.47 Å². The largest absolute Gasteiger partial charge is 0.493 e. The second-order valence-corrected chi connectivity index (χ2v) is 6.56. The zero-order chi connectivity index (χ0) is 20.8. The average molecular weight is 413 g/mol. The molecule has 0 spiro atoms. The van der Waals surface area contributed by atoms with Crippen LogP contribution in [0.1, 0.15) is 27.2 Å². The topological polar surface area (TPSA) is 77.7 Å². The van der Waals surface area contributed by atoms with E-state index in [4.69, 9.17) is 21.1 Å². The predicted octanol–water partition coefficient (Wildman–Crippen LogP) is 3.67. The molecule has 0 atom stereocenters. The molecule has 3 rings (SSSR count). The zero-order valence-electron chi connectivity index (χ0n) is 16.3. The van der Waals surface area contributed by atoms with E-state index in [9.17, 15) is 4.79 Å². The number of methoxy groups -OCH3 is 2. The molecule has 0 bridgehead atoms. The number of hydrogen-bond donors (Lipinski definition) is 1. The predicted molar refractivity (Wildman–Crippen MR) is 112 cm³/mol. The maximum atomic E-state index is 12.3. The summed E-state index contributed by atoms with van der Waals surface area (Å²) in [5.41, 5.74) is 5.33. The van der Waals surface area contributed by atoms with Crippen molar-refractivity contribution in [1.29, 1.82) is 0 Å². The monoisotopic (exact) mass is 412 g/mol. The fraction of sp³-hybridized carbons (Fsp3) is 0.190. The Kier molecular flexibility index (Phi) is 6.51. The molecule has 0 saturated carbocycles. The lowest BCUT2D eigenvalue weighted by Gasteiger charge is -2.08. The molecule has 0 fully saturated rings. The summed E-state index contributed by atoms with van der Waals surface area (Å²) >= 11 is 6.45. The van der Waals surface area contributed by atoms with Crippen molar-refractivity contribution < 1.29 is 14.3 Å². The van der Waals surface area contributed by atoms with Crippen LogP contribution in [-0.4, -0.2) is 36.1 Å². The van der Waals surface area contributed by atoms with Gasteiger partial charge in [0.1, 0.15) is 5.15 Å². The summed E-state index contributed by atoms with van der Waals surface area (Å²) in [6.45, 7) is 2.39. The first-order valence-corrected chi connectivity index (χ1v) is 9.23. The minimum Gasteiger partial charge on any atom is -0.493 e. The van der Waals surface area contributed by atoms with Crippen LogP contribution < -0.4 is 14.9 Å². The van der Waals surface area contributed by atoms with Gasteiger partial charge in [0.25, 0.3) is 5.91 Å². The van der Waals surface area contributed by atoms with E-state index < -0.39 is 0 Å². The first-order valence-electron chi connectivity index (χ1n) is 8.85. The van der Waals surface area contributed by atoms with Gasteiger partial charge in [-0.25, -0.2) is 10.1 Å². The molecule has 8 heteroatoms. The molecule has 1 heterocycles. The number of carbonyl (C=O) groups excluding carboxylic acids is 1. The van der Waals surface area contributed by atoms with Crippen molar-refractivity contribution in [3.63, 3.8) is 0 Å². The molecule has 0 aliphatic carbocycles. The van der Waals surface area contributed by atoms with Crippen LogP contribution in [0, 0.1) is 6.92 Å². The molecular formula is C21H21ClN4O3. The number of benzene rings is 2. The molecule has 0 saturated heterocycles. The number of halogens is 1. The highest BCUT2D eigenvalue weighted by atomic mass is 35.5. The highest BCUT2D eigenvalue weighted by Gasteiger charge is 2.13. The molecule has 0 unspecified atom stereocenters. The molecule has 0 aliphatic heterocycles. The third-order valence-corrected chi connectivity index (χ3v) is 4.69. The second-order valence-electron chi connectivity index (χ2n) is 6.20. The number of amides is 1. The van der Waals surface area contributed by atoms with E-state index in [1.54, 1.807) is 22.9 Å². The van der Waals surface area contributed by atoms with E-state index in [2.05, 4.69) is 15.6 Å². The van der Waals surface area contributed by atoms with Crippen molar-refractivity contribution in [2.75, 3.05) is 14.2 Å². The highest BCUT2D eigenvalue weighted by Crippen LogP contribution is 2.27. The Morgan fingerprint density at radius 2 is 1.90 bits per heavy atom. The number of hydrazone groups is 1. The molecule has 7 nitrogen and oxygen atoms in total. The Morgan fingerprint density at radius 1 is 1.17 bits per heavy atom. The molecule has 0 radical (unpaired) electrons. The minimum atomic E-state index is -0.382. The molecular weight excluding hydrogens is 392 g/mol. The van der Waals surface area contributed by atoms with Gasteiger partial charge in [0.05, 0.1) is 38.2 Å². The lowest BCUT2D eigenvalue weighted by atomic mass is 10.2. The van der Waals surface area contributed by atoms with Crippen molar-refractivity contribution in [3.8, 4) is 11.5 Å². The molecule has 29 heavy (non-hydrogen) atoms. The first-order chi connectivity index (χ1) is 14.0. The van der Waals surface area contributed by atoms with Gasteiger partial charge in [0.2, 0.25) is 0 Å². The summed E-state index contributed by atoms with van der Waals surface area (Å²) in [5.74, 6) is 0.624. The van der Waals surface area contributed by atoms with Gasteiger partial charge in [-0.1, -0.05) is 41.9 Å². The van der Waals surface area contributed by atoms with Crippen LogP contribution in [0.3, 0.4) is 0 Å². The van der Waals surface area contributed by atoms with Crippen molar-refractivity contribution in [1.82, 2.24) is 15.2 Å². The summed E-state index contributed by atoms with van der Waals surface area (Å²) in [7, 11) is 3.04. The van der Waals surface area contributed by atoms with Gasteiger partial charge in [-0.2, -0.15) is 10.2 Å². The van der Waals surface area contributed by atoms with Crippen molar-refractivity contribution in [2.24, 2.45) is 5.10 Å². The Hall–Kier alpha value is -3.32. The highest BCUT2D eigenvalue weighted by molar-refractivity contribution is 6.32. The van der Waals surface area contributed by atoms with Crippen LogP contribution in [0.4, 0.5) is 0 Å². The van der Waals surface area contributed by atoms with Gasteiger partial charge in [-0.05, 0) is 30.7 Å². The summed E-state index contributed by atoms with van der Waals surface area (Å²) < 4.78 is 12.1. The third-order valence-electron chi connectivity index (χ3n) is 4.29. The van der Waals surface area contributed by atoms with Gasteiger partial charge in [0, 0.05) is 5.56 Å². The Bertz CT molecular complexity index is 1030. The second kappa shape index (κ2) is 9.25. The number of nitrogens with one attached hydrogen (secondary N) is 1. The van der Waals surface area contributed by atoms with Gasteiger partial charge in [0.15, 0.2) is 11.5 Å². The summed E-state index contributed by atoms with van der Waals surface area (Å²) in [6.07, 6.45) is 1.49. The van der Waals surface area contributed by atoms with Crippen LogP contribution in [0.15, 0.2) is 53.6 Å². The first kappa shape index (κ1) is 20.4. The number of aromatic nitrogens is 2. The smallest absolute Gasteiger partial charge is 0.271 e. The maximum Gasteiger partial charge on any atom is 0.271 e. The number of hydrogen-bond acceptors (Lipinski definition) is 5. The van der Waals surface area contributed by atoms with Crippen LogP contribution in [0.25, 0.3) is 0 Å². The third kappa shape index (κ3) is 4.75. The lowest BCUT2D eigenvalue weighted by Crippen LogP contribution is -2.17. The van der Waals surface area contributed by atoms with Gasteiger partial charge in [-0.15, -0.1) is 0 Å². The summed E-state index contributed by atoms with van der Waals surface area (Å²) in [5, 5.41) is 8.93. The molecule has 1 N–H and O–H groups in total. The standard InChI is InChI=1S/C21H21ClN4O3/c1-14-17(20(22)26(25-14)13-15-7-5-4-6-8-15)12-23-24-21(27)16-9-10-18(28-2)19(11-16)29-3/h4-12H,13H2,1-3H3,(H,24,27)/b23-12-. The van der Waals surface area contributed by atoms with Crippen molar-refractivity contribution in [2.45, 2.75) is 13.5 Å². The number of nitrogens with zero attached hydrogens (tertiary/aromatic N) is 3. The normalized spacial score (nSPS) is 10.9. The van der Waals surface area contributed by atoms with E-state index in [1.807, 2.05) is 37.3 Å². The van der Waals surface area contributed by atoms with E-state index in [-0.39, 0.29) is 5.91 Å². The number of rotatable bonds is 7. The SMILES string of the molecule is COc1ccc(C(=O)N/N=C\c2c(C)nn(Cc3ccccc3)c2Cl)cc1OC. The van der Waals surface area contributed by atoms with Crippen molar-refractivity contribution >= 4 is 23.7 Å². The van der Waals surface area contributed by atoms with E-state index >= 15 is 0 Å². The Morgan fingerprint density at radius 3 is 2.59 bits per heavy atom. The molecule has 2 aromatic carbocycles. The molecule has 3 aromatic rings. The van der Waals surface area contributed by atoms with Crippen LogP contribution in [0.5, 0.6) is 11.5 Å². The lowest BCUT2D eigenvalue weighted by molar-refractivity contribution is 0.0954. The Labute approximate surface area is 173 Å². The van der Waals surface area contributed by atoms with Crippen LogP contribution in [0.2, 0.25) is 5.15 Å². The van der Waals surface area contributed by atoms with Gasteiger partial charge in [-0.3, -0.25) is 4.79 Å².